The summed E-state index contributed by atoms with van der Waals surface area (Å²) in [5.41, 5.74) is 1.07. The maximum atomic E-state index is 4.26. The molecule has 1 atom stereocenters. The zero-order chi connectivity index (χ0) is 9.15. The Morgan fingerprint density at radius 3 is 2.54 bits per heavy atom. The Bertz CT molecular complexity index is 333. The van der Waals surface area contributed by atoms with Crippen LogP contribution in [0.4, 0.5) is 0 Å². The van der Waals surface area contributed by atoms with E-state index in [9.17, 15) is 0 Å². The molecule has 0 aromatic heterocycles. The lowest BCUT2D eigenvalue weighted by molar-refractivity contribution is 0.699. The van der Waals surface area contributed by atoms with Crippen LogP contribution in [-0.4, -0.2) is 12.6 Å². The summed E-state index contributed by atoms with van der Waals surface area (Å²) in [6, 6.07) is 9.97. The molecule has 0 aliphatic carbocycles. The molecular weight excluding hydrogens is 182 g/mol. The van der Waals surface area contributed by atoms with E-state index in [0.717, 1.165) is 5.56 Å². The van der Waals surface area contributed by atoms with Crippen molar-refractivity contribution in [1.29, 1.82) is 0 Å². The lowest BCUT2D eigenvalue weighted by Crippen LogP contribution is -2.12. The Labute approximate surface area is 81.0 Å². The number of azo groups is 1. The van der Waals surface area contributed by atoms with Gasteiger partial charge in [-0.15, -0.1) is 22.0 Å². The number of hydrogen-bond donors (Lipinski definition) is 0. The van der Waals surface area contributed by atoms with Crippen LogP contribution in [0.3, 0.4) is 0 Å². The molecule has 0 N–H and O–H groups in total. The third-order valence-corrected chi connectivity index (χ3v) is 2.90. The van der Waals surface area contributed by atoms with Crippen LogP contribution in [0.25, 0.3) is 0 Å². The van der Waals surface area contributed by atoms with Gasteiger partial charge in [-0.25, -0.2) is 4.99 Å². The number of rotatable bonds is 2. The summed E-state index contributed by atoms with van der Waals surface area (Å²) in [6.07, 6.45) is 3.48. The van der Waals surface area contributed by atoms with Crippen molar-refractivity contribution in [3.8, 4) is 0 Å². The Balaban J connectivity index is 2.44. The van der Waals surface area contributed by atoms with Gasteiger partial charge >= 0.3 is 0 Å². The molecular formula is C9H9N3S. The zero-order valence-electron chi connectivity index (χ0n) is 7.21. The van der Waals surface area contributed by atoms with E-state index in [4.69, 9.17) is 0 Å². The molecule has 66 valence electrons. The number of nitrogens with zero attached hydrogens (tertiary/aromatic N) is 3. The van der Waals surface area contributed by atoms with Gasteiger partial charge < -0.3 is 0 Å². The normalized spacial score (nSPS) is 25.3. The molecule has 0 saturated heterocycles. The van der Waals surface area contributed by atoms with E-state index in [1.807, 2.05) is 36.6 Å². The van der Waals surface area contributed by atoms with Crippen LogP contribution in [0.2, 0.25) is 0 Å². The van der Waals surface area contributed by atoms with Gasteiger partial charge in [0.2, 0.25) is 4.99 Å². The lowest BCUT2D eigenvalue weighted by Gasteiger charge is -2.18. The predicted molar refractivity (Wildman–Crippen MR) is 55.0 cm³/mol. The topological polar surface area (TPSA) is 37.1 Å². The average molecular weight is 191 g/mol. The first-order chi connectivity index (χ1) is 6.37. The molecule has 0 spiro atoms. The van der Waals surface area contributed by atoms with Gasteiger partial charge in [-0.05, 0) is 6.26 Å². The SMILES string of the molecule is CSC1(c2ccccc2)N=CN=N1. The second-order valence-corrected chi connectivity index (χ2v) is 3.62. The van der Waals surface area contributed by atoms with E-state index in [0.29, 0.717) is 0 Å². The van der Waals surface area contributed by atoms with Crippen LogP contribution in [0.1, 0.15) is 5.56 Å². The largest absolute Gasteiger partial charge is 0.244 e. The molecule has 0 fully saturated rings. The Hall–Kier alpha value is -1.16. The molecule has 0 amide bonds. The van der Waals surface area contributed by atoms with Crippen LogP contribution >= 0.6 is 11.8 Å². The fourth-order valence-corrected chi connectivity index (χ4v) is 1.89. The third kappa shape index (κ3) is 1.37. The Morgan fingerprint density at radius 2 is 2.00 bits per heavy atom. The summed E-state index contributed by atoms with van der Waals surface area (Å²) in [5, 5.41) is 7.92. The first-order valence-electron chi connectivity index (χ1n) is 3.94. The van der Waals surface area contributed by atoms with Crippen molar-refractivity contribution >= 4 is 18.1 Å². The van der Waals surface area contributed by atoms with Gasteiger partial charge in [0.25, 0.3) is 0 Å². The Kier molecular flexibility index (Phi) is 2.14. The molecule has 4 heteroatoms. The van der Waals surface area contributed by atoms with Crippen LogP contribution in [0.5, 0.6) is 0 Å². The summed E-state index contributed by atoms with van der Waals surface area (Å²) in [7, 11) is 0. The highest BCUT2D eigenvalue weighted by Gasteiger charge is 2.32. The first kappa shape index (κ1) is 8.44. The van der Waals surface area contributed by atoms with Gasteiger partial charge in [0, 0.05) is 5.56 Å². The molecule has 0 bridgehead atoms. The molecule has 0 radical (unpaired) electrons. The second kappa shape index (κ2) is 3.30. The molecule has 3 nitrogen and oxygen atoms in total. The zero-order valence-corrected chi connectivity index (χ0v) is 8.03. The molecule has 1 aliphatic rings. The quantitative estimate of drug-likeness (QED) is 0.708. The molecule has 1 aromatic carbocycles. The van der Waals surface area contributed by atoms with Crippen molar-refractivity contribution in [2.45, 2.75) is 4.99 Å². The fourth-order valence-electron chi connectivity index (χ4n) is 1.23. The highest BCUT2D eigenvalue weighted by atomic mass is 32.2. The second-order valence-electron chi connectivity index (χ2n) is 2.64. The fraction of sp³-hybridized carbons (Fsp3) is 0.222. The molecule has 1 aliphatic heterocycles. The standard InChI is InChI=1S/C9H9N3S/c1-13-9(10-7-11-12-9)8-5-3-2-4-6-8/h2-7H,1H3. The molecule has 1 unspecified atom stereocenters. The monoisotopic (exact) mass is 191 g/mol. The van der Waals surface area contributed by atoms with Gasteiger partial charge in [0.05, 0.1) is 0 Å². The predicted octanol–water partition coefficient (Wildman–Crippen LogP) is 2.65. The summed E-state index contributed by atoms with van der Waals surface area (Å²) in [4.78, 5) is 3.73. The summed E-state index contributed by atoms with van der Waals surface area (Å²) in [6.45, 7) is 0. The van der Waals surface area contributed by atoms with E-state index < -0.39 is 4.99 Å². The first-order valence-corrected chi connectivity index (χ1v) is 5.16. The molecule has 1 aromatic rings. The highest BCUT2D eigenvalue weighted by Crippen LogP contribution is 2.39. The molecule has 2 rings (SSSR count). The highest BCUT2D eigenvalue weighted by molar-refractivity contribution is 7.99. The van der Waals surface area contributed by atoms with Crippen molar-refractivity contribution in [3.63, 3.8) is 0 Å². The molecule has 13 heavy (non-hydrogen) atoms. The number of aliphatic imine (C=N–C) groups is 1. The summed E-state index contributed by atoms with van der Waals surface area (Å²) < 4.78 is 0. The number of hydrogen-bond acceptors (Lipinski definition) is 4. The van der Waals surface area contributed by atoms with E-state index in [2.05, 4.69) is 15.2 Å². The van der Waals surface area contributed by atoms with Crippen molar-refractivity contribution in [3.05, 3.63) is 35.9 Å². The minimum Gasteiger partial charge on any atom is -0.225 e. The van der Waals surface area contributed by atoms with E-state index in [-0.39, 0.29) is 0 Å². The third-order valence-electron chi connectivity index (χ3n) is 1.91. The average Bonchev–Trinajstić information content (AvgIpc) is 2.69. The summed E-state index contributed by atoms with van der Waals surface area (Å²) >= 11 is 1.57. The van der Waals surface area contributed by atoms with Gasteiger partial charge in [0.15, 0.2) is 0 Å². The molecule has 0 saturated carbocycles. The van der Waals surface area contributed by atoms with Crippen molar-refractivity contribution in [1.82, 2.24) is 0 Å². The van der Waals surface area contributed by atoms with Gasteiger partial charge in [-0.1, -0.05) is 30.3 Å². The van der Waals surface area contributed by atoms with Crippen LogP contribution in [0.15, 0.2) is 45.6 Å². The van der Waals surface area contributed by atoms with Crippen LogP contribution < -0.4 is 0 Å². The smallest absolute Gasteiger partial charge is 0.225 e. The van der Waals surface area contributed by atoms with Crippen molar-refractivity contribution < 1.29 is 0 Å². The van der Waals surface area contributed by atoms with Crippen molar-refractivity contribution in [2.24, 2.45) is 15.2 Å². The number of thioether (sulfide) groups is 1. The van der Waals surface area contributed by atoms with Crippen LogP contribution in [0, 0.1) is 0 Å². The maximum Gasteiger partial charge on any atom is 0.244 e. The minimum atomic E-state index is -0.527. The number of benzene rings is 1. The van der Waals surface area contributed by atoms with E-state index >= 15 is 0 Å². The van der Waals surface area contributed by atoms with E-state index in [1.54, 1.807) is 11.8 Å². The lowest BCUT2D eigenvalue weighted by atomic mass is 10.2. The van der Waals surface area contributed by atoms with Gasteiger partial charge in [0.1, 0.15) is 6.34 Å². The maximum absolute atomic E-state index is 4.26. The van der Waals surface area contributed by atoms with Gasteiger partial charge in [-0.2, -0.15) is 0 Å². The van der Waals surface area contributed by atoms with E-state index in [1.165, 1.54) is 6.34 Å². The van der Waals surface area contributed by atoms with Crippen molar-refractivity contribution in [2.75, 3.05) is 6.26 Å². The Morgan fingerprint density at radius 1 is 1.23 bits per heavy atom. The van der Waals surface area contributed by atoms with Gasteiger partial charge in [-0.3, -0.25) is 0 Å². The molecule has 1 heterocycles. The summed E-state index contributed by atoms with van der Waals surface area (Å²) in [5.74, 6) is 0. The minimum absolute atomic E-state index is 0.527. The van der Waals surface area contributed by atoms with Crippen LogP contribution in [-0.2, 0) is 4.99 Å².